The molecule has 0 saturated heterocycles. The molecule has 2 aromatic carbocycles. The van der Waals surface area contributed by atoms with Crippen molar-refractivity contribution < 1.29 is 19.0 Å². The SMILES string of the molecule is CCCOc1ccccc1C=CC(=O)Nc1cc(OC)c(Cl)cc1OC. The average molecular weight is 376 g/mol. The largest absolute Gasteiger partial charge is 0.495 e. The molecule has 1 amide bonds. The molecule has 0 saturated carbocycles. The molecule has 0 aliphatic rings. The van der Waals surface area contributed by atoms with Crippen molar-refractivity contribution in [1.29, 1.82) is 0 Å². The van der Waals surface area contributed by atoms with Gasteiger partial charge in [-0.25, -0.2) is 0 Å². The van der Waals surface area contributed by atoms with E-state index in [1.54, 1.807) is 18.2 Å². The van der Waals surface area contributed by atoms with Crippen molar-refractivity contribution in [3.63, 3.8) is 0 Å². The number of para-hydroxylation sites is 1. The van der Waals surface area contributed by atoms with E-state index in [0.29, 0.717) is 28.8 Å². The summed E-state index contributed by atoms with van der Waals surface area (Å²) in [6.45, 7) is 2.67. The zero-order valence-corrected chi connectivity index (χ0v) is 15.8. The molecular formula is C20H22ClNO4. The fourth-order valence-electron chi connectivity index (χ4n) is 2.26. The number of benzene rings is 2. The number of methoxy groups -OCH3 is 2. The summed E-state index contributed by atoms with van der Waals surface area (Å²) in [4.78, 5) is 12.3. The zero-order valence-electron chi connectivity index (χ0n) is 15.0. The third kappa shape index (κ3) is 5.17. The van der Waals surface area contributed by atoms with Gasteiger partial charge in [0, 0.05) is 23.8 Å². The van der Waals surface area contributed by atoms with Crippen molar-refractivity contribution in [2.45, 2.75) is 13.3 Å². The highest BCUT2D eigenvalue weighted by Crippen LogP contribution is 2.35. The van der Waals surface area contributed by atoms with Crippen LogP contribution in [0.25, 0.3) is 6.08 Å². The minimum atomic E-state index is -0.307. The molecule has 0 atom stereocenters. The second-order valence-corrected chi connectivity index (χ2v) is 5.80. The maximum absolute atomic E-state index is 12.3. The first-order chi connectivity index (χ1) is 12.6. The number of hydrogen-bond donors (Lipinski definition) is 1. The standard InChI is InChI=1S/C20H22ClNO4/c1-4-11-26-17-8-6-5-7-14(17)9-10-20(23)22-16-13-18(24-2)15(21)12-19(16)25-3/h5-10,12-13H,4,11H2,1-3H3,(H,22,23). The van der Waals surface area contributed by atoms with Crippen LogP contribution in [-0.4, -0.2) is 26.7 Å². The number of anilines is 1. The Kier molecular flexibility index (Phi) is 7.36. The Morgan fingerprint density at radius 2 is 1.85 bits per heavy atom. The first-order valence-corrected chi connectivity index (χ1v) is 8.59. The van der Waals surface area contributed by atoms with Gasteiger partial charge in [-0.05, 0) is 18.6 Å². The number of carbonyl (C=O) groups is 1. The topological polar surface area (TPSA) is 56.8 Å². The van der Waals surface area contributed by atoms with E-state index in [4.69, 9.17) is 25.8 Å². The van der Waals surface area contributed by atoms with Crippen molar-refractivity contribution in [2.24, 2.45) is 0 Å². The molecule has 0 spiro atoms. The van der Waals surface area contributed by atoms with Crippen molar-refractivity contribution in [3.8, 4) is 17.2 Å². The fraction of sp³-hybridized carbons (Fsp3) is 0.250. The molecule has 6 heteroatoms. The summed E-state index contributed by atoms with van der Waals surface area (Å²) >= 11 is 6.07. The Morgan fingerprint density at radius 3 is 2.54 bits per heavy atom. The molecular weight excluding hydrogens is 354 g/mol. The first kappa shape index (κ1) is 19.7. The van der Waals surface area contributed by atoms with Crippen LogP contribution in [0.2, 0.25) is 5.02 Å². The van der Waals surface area contributed by atoms with E-state index in [2.05, 4.69) is 5.32 Å². The predicted octanol–water partition coefficient (Wildman–Crippen LogP) is 4.80. The third-order valence-electron chi connectivity index (χ3n) is 3.53. The lowest BCUT2D eigenvalue weighted by molar-refractivity contribution is -0.111. The van der Waals surface area contributed by atoms with Crippen LogP contribution in [0.5, 0.6) is 17.2 Å². The summed E-state index contributed by atoms with van der Waals surface area (Å²) in [7, 11) is 3.01. The lowest BCUT2D eigenvalue weighted by Crippen LogP contribution is -2.09. The van der Waals surface area contributed by atoms with Gasteiger partial charge in [0.2, 0.25) is 5.91 Å². The van der Waals surface area contributed by atoms with E-state index in [-0.39, 0.29) is 5.91 Å². The highest BCUT2D eigenvalue weighted by atomic mass is 35.5. The molecule has 0 aliphatic heterocycles. The molecule has 26 heavy (non-hydrogen) atoms. The molecule has 1 N–H and O–H groups in total. The molecule has 0 radical (unpaired) electrons. The maximum Gasteiger partial charge on any atom is 0.248 e. The van der Waals surface area contributed by atoms with Gasteiger partial charge in [0.05, 0.1) is 31.5 Å². The summed E-state index contributed by atoms with van der Waals surface area (Å²) in [5, 5.41) is 3.17. The van der Waals surface area contributed by atoms with Gasteiger partial charge in [-0.3, -0.25) is 4.79 Å². The second kappa shape index (κ2) is 9.73. The van der Waals surface area contributed by atoms with Crippen LogP contribution in [0.15, 0.2) is 42.5 Å². The number of hydrogen-bond acceptors (Lipinski definition) is 4. The Morgan fingerprint density at radius 1 is 1.12 bits per heavy atom. The van der Waals surface area contributed by atoms with Gasteiger partial charge in [-0.1, -0.05) is 36.7 Å². The van der Waals surface area contributed by atoms with Crippen LogP contribution in [-0.2, 0) is 4.79 Å². The highest BCUT2D eigenvalue weighted by Gasteiger charge is 2.11. The van der Waals surface area contributed by atoms with E-state index >= 15 is 0 Å². The van der Waals surface area contributed by atoms with Gasteiger partial charge >= 0.3 is 0 Å². The Bertz CT molecular complexity index is 789. The number of amides is 1. The van der Waals surface area contributed by atoms with E-state index in [1.807, 2.05) is 31.2 Å². The van der Waals surface area contributed by atoms with Crippen molar-refractivity contribution in [1.82, 2.24) is 0 Å². The molecule has 0 unspecified atom stereocenters. The molecule has 0 aliphatic carbocycles. The number of rotatable bonds is 8. The molecule has 2 aromatic rings. The normalized spacial score (nSPS) is 10.6. The second-order valence-electron chi connectivity index (χ2n) is 5.40. The molecule has 2 rings (SSSR count). The van der Waals surface area contributed by atoms with Crippen molar-refractivity contribution >= 4 is 29.3 Å². The lowest BCUT2D eigenvalue weighted by Gasteiger charge is -2.12. The van der Waals surface area contributed by atoms with Gasteiger partial charge in [0.1, 0.15) is 17.2 Å². The average Bonchev–Trinajstić information content (AvgIpc) is 2.66. The fourth-order valence-corrected chi connectivity index (χ4v) is 2.49. The van der Waals surface area contributed by atoms with Crippen LogP contribution in [0.4, 0.5) is 5.69 Å². The first-order valence-electron chi connectivity index (χ1n) is 8.21. The van der Waals surface area contributed by atoms with Gasteiger partial charge in [-0.15, -0.1) is 0 Å². The zero-order chi connectivity index (χ0) is 18.9. The monoisotopic (exact) mass is 375 g/mol. The molecule has 0 bridgehead atoms. The van der Waals surface area contributed by atoms with Gasteiger partial charge < -0.3 is 19.5 Å². The predicted molar refractivity (Wildman–Crippen MR) is 104 cm³/mol. The van der Waals surface area contributed by atoms with Crippen LogP contribution in [0.3, 0.4) is 0 Å². The van der Waals surface area contributed by atoms with E-state index < -0.39 is 0 Å². The Labute approximate surface area is 158 Å². The molecule has 0 heterocycles. The van der Waals surface area contributed by atoms with Gasteiger partial charge in [0.25, 0.3) is 0 Å². The number of nitrogens with one attached hydrogen (secondary N) is 1. The minimum absolute atomic E-state index is 0.307. The molecule has 0 aromatic heterocycles. The Balaban J connectivity index is 2.15. The summed E-state index contributed by atoms with van der Waals surface area (Å²) < 4.78 is 16.1. The van der Waals surface area contributed by atoms with E-state index in [9.17, 15) is 4.79 Å². The van der Waals surface area contributed by atoms with Crippen LogP contribution >= 0.6 is 11.6 Å². The van der Waals surface area contributed by atoms with Crippen LogP contribution in [0, 0.1) is 0 Å². The van der Waals surface area contributed by atoms with E-state index in [1.165, 1.54) is 20.3 Å². The van der Waals surface area contributed by atoms with Crippen LogP contribution in [0.1, 0.15) is 18.9 Å². The number of halogens is 1. The van der Waals surface area contributed by atoms with E-state index in [0.717, 1.165) is 17.7 Å². The minimum Gasteiger partial charge on any atom is -0.495 e. The highest BCUT2D eigenvalue weighted by molar-refractivity contribution is 6.32. The van der Waals surface area contributed by atoms with Gasteiger partial charge in [0.15, 0.2) is 0 Å². The maximum atomic E-state index is 12.3. The number of carbonyl (C=O) groups excluding carboxylic acids is 1. The summed E-state index contributed by atoms with van der Waals surface area (Å²) in [6.07, 6.45) is 4.06. The summed E-state index contributed by atoms with van der Waals surface area (Å²) in [5.41, 5.74) is 1.30. The summed E-state index contributed by atoms with van der Waals surface area (Å²) in [6, 6.07) is 10.8. The van der Waals surface area contributed by atoms with Gasteiger partial charge in [-0.2, -0.15) is 0 Å². The third-order valence-corrected chi connectivity index (χ3v) is 3.82. The molecule has 0 fully saturated rings. The van der Waals surface area contributed by atoms with Crippen molar-refractivity contribution in [2.75, 3.05) is 26.1 Å². The Hall–Kier alpha value is -2.66. The molecule has 5 nitrogen and oxygen atoms in total. The number of ether oxygens (including phenoxy) is 3. The molecule has 138 valence electrons. The summed E-state index contributed by atoms with van der Waals surface area (Å²) in [5.74, 6) is 1.33. The quantitative estimate of drug-likeness (QED) is 0.673. The van der Waals surface area contributed by atoms with Crippen molar-refractivity contribution in [3.05, 3.63) is 53.1 Å². The van der Waals surface area contributed by atoms with Crippen LogP contribution < -0.4 is 19.5 Å². The lowest BCUT2D eigenvalue weighted by atomic mass is 10.2. The smallest absolute Gasteiger partial charge is 0.248 e.